The molecule has 5 fully saturated rings. The third-order valence-corrected chi connectivity index (χ3v) is 10.1. The largest absolute Gasteiger partial charge is 0.484 e. The van der Waals surface area contributed by atoms with Crippen LogP contribution in [0.25, 0.3) is 6.08 Å². The number of carbonyl (C=O) groups excluding carboxylic acids is 2. The number of hydrogen-bond acceptors (Lipinski definition) is 7. The van der Waals surface area contributed by atoms with Crippen LogP contribution in [0.3, 0.4) is 0 Å². The van der Waals surface area contributed by atoms with Gasteiger partial charge in [0.2, 0.25) is 5.79 Å². The Kier molecular flexibility index (Phi) is 8.15. The molecule has 8 nitrogen and oxygen atoms in total. The predicted octanol–water partition coefficient (Wildman–Crippen LogP) is 6.59. The molecule has 8 atom stereocenters. The van der Waals surface area contributed by atoms with Gasteiger partial charge in [0.05, 0.1) is 10.0 Å². The van der Waals surface area contributed by atoms with Crippen LogP contribution in [0.4, 0.5) is 0 Å². The third kappa shape index (κ3) is 5.49. The lowest BCUT2D eigenvalue weighted by Gasteiger charge is -2.60. The number of nitrogens with one attached hydrogen (secondary N) is 1. The number of ether oxygens (including phenoxy) is 3. The molecule has 10 heteroatoms. The molecule has 4 aliphatic heterocycles. The summed E-state index contributed by atoms with van der Waals surface area (Å²) in [6.45, 7) is 6.08. The predicted molar refractivity (Wildman–Crippen MR) is 157 cm³/mol. The summed E-state index contributed by atoms with van der Waals surface area (Å²) in [5, 5.41) is 3.74. The molecular formula is C32H35Cl2NO7. The molecule has 0 unspecified atom stereocenters. The number of fused-ring (bicyclic) bond motifs is 2. The van der Waals surface area contributed by atoms with Crippen molar-refractivity contribution >= 4 is 41.0 Å². The van der Waals surface area contributed by atoms with Crippen molar-refractivity contribution in [2.24, 2.45) is 23.7 Å². The van der Waals surface area contributed by atoms with E-state index < -0.39 is 23.9 Å². The fraction of sp³-hybridized carbons (Fsp3) is 0.500. The zero-order valence-electron chi connectivity index (χ0n) is 23.8. The minimum atomic E-state index is -0.867. The van der Waals surface area contributed by atoms with Gasteiger partial charge in [0, 0.05) is 23.8 Å². The van der Waals surface area contributed by atoms with Crippen LogP contribution in [0.5, 0.6) is 5.75 Å². The van der Waals surface area contributed by atoms with E-state index in [1.807, 2.05) is 6.92 Å². The first-order valence-corrected chi connectivity index (χ1v) is 15.2. The van der Waals surface area contributed by atoms with Crippen molar-refractivity contribution in [3.8, 4) is 5.75 Å². The summed E-state index contributed by atoms with van der Waals surface area (Å²) in [7, 11) is 0. The standard InChI is InChI=1S/C32H35Cl2NO7/c1-18-4-11-24-19(2)29(39-30-32(24)23(18)14-15-31(3,40-30)41-42-32)35-28(37)17-38-22-9-5-20(6-10-22)7-13-27(36)21-8-12-25(33)26(34)16-21/h5-10,12-13,16,18-19,23-24,29-30H,4,11,14-15,17H2,1-3H3,(H,35,37)/b13-7+/t18-,19-,23+,24+,29+,30-,31-,32-/m1/s1. The van der Waals surface area contributed by atoms with Gasteiger partial charge in [-0.05, 0) is 80.0 Å². The number of benzene rings is 2. The summed E-state index contributed by atoms with van der Waals surface area (Å²) in [5.74, 6) is 0.0286. The van der Waals surface area contributed by atoms with Crippen LogP contribution in [0.15, 0.2) is 48.5 Å². The van der Waals surface area contributed by atoms with Crippen molar-refractivity contribution in [3.63, 3.8) is 0 Å². The number of carbonyl (C=O) groups is 2. The highest BCUT2D eigenvalue weighted by Gasteiger charge is 2.69. The van der Waals surface area contributed by atoms with Crippen LogP contribution >= 0.6 is 23.2 Å². The Bertz CT molecular complexity index is 1380. The van der Waals surface area contributed by atoms with Crippen molar-refractivity contribution in [2.75, 3.05) is 6.61 Å². The Morgan fingerprint density at radius 2 is 1.81 bits per heavy atom. The third-order valence-electron chi connectivity index (χ3n) is 9.34. The lowest BCUT2D eigenvalue weighted by atomic mass is 9.58. The molecule has 1 N–H and O–H groups in total. The van der Waals surface area contributed by atoms with Crippen LogP contribution in [0.2, 0.25) is 10.0 Å². The maximum absolute atomic E-state index is 12.9. The lowest BCUT2D eigenvalue weighted by Crippen LogP contribution is -2.72. The zero-order valence-corrected chi connectivity index (χ0v) is 25.3. The highest BCUT2D eigenvalue weighted by atomic mass is 35.5. The minimum Gasteiger partial charge on any atom is -0.484 e. The van der Waals surface area contributed by atoms with Crippen LogP contribution in [0.1, 0.15) is 62.4 Å². The lowest BCUT2D eigenvalue weighted by molar-refractivity contribution is -0.571. The number of allylic oxidation sites excluding steroid dienone is 1. The maximum atomic E-state index is 12.9. The van der Waals surface area contributed by atoms with E-state index in [1.54, 1.807) is 42.5 Å². The number of rotatable bonds is 7. The monoisotopic (exact) mass is 615 g/mol. The number of halogens is 2. The van der Waals surface area contributed by atoms with Gasteiger partial charge in [-0.2, -0.15) is 0 Å². The molecule has 0 radical (unpaired) electrons. The molecule has 1 saturated carbocycles. The van der Waals surface area contributed by atoms with Gasteiger partial charge in [-0.1, -0.05) is 55.3 Å². The van der Waals surface area contributed by atoms with Crippen molar-refractivity contribution in [1.29, 1.82) is 0 Å². The molecule has 224 valence electrons. The second-order valence-corrected chi connectivity index (χ2v) is 12.9. The molecule has 1 spiro atoms. The highest BCUT2D eigenvalue weighted by molar-refractivity contribution is 6.42. The second-order valence-electron chi connectivity index (χ2n) is 12.1. The topological polar surface area (TPSA) is 92.3 Å². The molecule has 2 aromatic carbocycles. The number of ketones is 1. The second kappa shape index (κ2) is 11.6. The molecule has 4 heterocycles. The molecule has 7 rings (SSSR count). The quantitative estimate of drug-likeness (QED) is 0.213. The highest BCUT2D eigenvalue weighted by Crippen LogP contribution is 2.60. The van der Waals surface area contributed by atoms with Crippen LogP contribution in [-0.4, -0.2) is 42.2 Å². The Hall–Kier alpha value is -2.46. The fourth-order valence-electron chi connectivity index (χ4n) is 7.01. The number of amides is 1. The van der Waals surface area contributed by atoms with Crippen molar-refractivity contribution < 1.29 is 33.6 Å². The molecule has 4 saturated heterocycles. The van der Waals surface area contributed by atoms with Crippen molar-refractivity contribution in [3.05, 3.63) is 69.7 Å². The molecule has 1 aliphatic carbocycles. The van der Waals surface area contributed by atoms with E-state index in [-0.39, 0.29) is 36.1 Å². The molecule has 5 aliphatic rings. The summed E-state index contributed by atoms with van der Waals surface area (Å²) in [5.41, 5.74) is 0.577. The maximum Gasteiger partial charge on any atom is 0.259 e. The molecule has 2 aromatic rings. The van der Waals surface area contributed by atoms with E-state index in [9.17, 15) is 9.59 Å². The molecule has 0 aromatic heterocycles. The smallest absolute Gasteiger partial charge is 0.259 e. The molecule has 1 amide bonds. The van der Waals surface area contributed by atoms with E-state index in [2.05, 4.69) is 19.2 Å². The van der Waals surface area contributed by atoms with Crippen molar-refractivity contribution in [1.82, 2.24) is 5.32 Å². The summed E-state index contributed by atoms with van der Waals surface area (Å²) in [6.07, 6.45) is 5.73. The van der Waals surface area contributed by atoms with Gasteiger partial charge in [0.25, 0.3) is 5.91 Å². The van der Waals surface area contributed by atoms with Gasteiger partial charge < -0.3 is 19.5 Å². The summed E-state index contributed by atoms with van der Waals surface area (Å²) >= 11 is 11.9. The average Bonchev–Trinajstić information content (AvgIpc) is 3.21. The Balaban J connectivity index is 1.05. The zero-order chi connectivity index (χ0) is 29.6. The first-order chi connectivity index (χ1) is 20.1. The molecular weight excluding hydrogens is 581 g/mol. The average molecular weight is 617 g/mol. The van der Waals surface area contributed by atoms with Gasteiger partial charge in [-0.15, -0.1) is 0 Å². The van der Waals surface area contributed by atoms with Crippen LogP contribution in [0, 0.1) is 23.7 Å². The van der Waals surface area contributed by atoms with Gasteiger partial charge >= 0.3 is 0 Å². The Labute approximate surface area is 255 Å². The van der Waals surface area contributed by atoms with Gasteiger partial charge in [-0.3, -0.25) is 9.59 Å². The SMILES string of the molecule is C[C@H]1[C@@H](NC(=O)COc2ccc(/C=C/C(=O)c3ccc(Cl)c(Cl)c3)cc2)O[C@@H]2O[C@@]3(C)CC[C@H]4[C@H](C)CC[C@@H]1[C@@]24OO3. The van der Waals surface area contributed by atoms with E-state index in [1.165, 1.54) is 12.1 Å². The van der Waals surface area contributed by atoms with E-state index in [0.29, 0.717) is 27.3 Å². The van der Waals surface area contributed by atoms with Crippen molar-refractivity contribution in [2.45, 2.75) is 70.4 Å². The van der Waals surface area contributed by atoms with Gasteiger partial charge in [-0.25, -0.2) is 9.78 Å². The summed E-state index contributed by atoms with van der Waals surface area (Å²) in [6, 6.07) is 11.9. The summed E-state index contributed by atoms with van der Waals surface area (Å²) in [4.78, 5) is 37.4. The summed E-state index contributed by atoms with van der Waals surface area (Å²) < 4.78 is 18.5. The molecule has 42 heavy (non-hydrogen) atoms. The fourth-order valence-corrected chi connectivity index (χ4v) is 7.31. The Morgan fingerprint density at radius 3 is 2.57 bits per heavy atom. The first-order valence-electron chi connectivity index (χ1n) is 14.5. The van der Waals surface area contributed by atoms with Crippen LogP contribution in [-0.2, 0) is 24.0 Å². The number of hydrogen-bond donors (Lipinski definition) is 1. The van der Waals surface area contributed by atoms with E-state index >= 15 is 0 Å². The Morgan fingerprint density at radius 1 is 1.02 bits per heavy atom. The van der Waals surface area contributed by atoms with Gasteiger partial charge in [0.1, 0.15) is 12.0 Å². The van der Waals surface area contributed by atoms with Gasteiger partial charge in [0.15, 0.2) is 24.3 Å². The molecule has 2 bridgehead atoms. The normalized spacial score (nSPS) is 35.4. The van der Waals surface area contributed by atoms with Crippen LogP contribution < -0.4 is 10.1 Å². The van der Waals surface area contributed by atoms with E-state index in [4.69, 9.17) is 47.2 Å². The minimum absolute atomic E-state index is 0.00691. The first kappa shape index (κ1) is 29.6. The van der Waals surface area contributed by atoms with E-state index in [0.717, 1.165) is 31.2 Å².